The molecule has 10 aromatic rings. The van der Waals surface area contributed by atoms with Gasteiger partial charge in [0.25, 0.3) is 0 Å². The Kier molecular flexibility index (Phi) is 8.73. The minimum atomic E-state index is 0.943. The molecule has 9 aromatic carbocycles. The molecule has 12 rings (SSSR count). The van der Waals surface area contributed by atoms with Gasteiger partial charge in [-0.25, -0.2) is 4.98 Å². The second-order valence-corrected chi connectivity index (χ2v) is 17.1. The number of nitrogens with zero attached hydrogens (tertiary/aromatic N) is 5. The highest BCUT2D eigenvalue weighted by Crippen LogP contribution is 2.65. The first-order valence-corrected chi connectivity index (χ1v) is 22.2. The van der Waals surface area contributed by atoms with Gasteiger partial charge < -0.3 is 19.6 Å². The predicted molar refractivity (Wildman–Crippen MR) is 267 cm³/mol. The Balaban J connectivity index is 1.39. The third-order valence-corrected chi connectivity index (χ3v) is 13.6. The second kappa shape index (κ2) is 14.9. The van der Waals surface area contributed by atoms with Crippen LogP contribution < -0.4 is 19.6 Å². The van der Waals surface area contributed by atoms with Gasteiger partial charge in [-0.2, -0.15) is 0 Å². The fourth-order valence-electron chi connectivity index (χ4n) is 9.77. The summed E-state index contributed by atoms with van der Waals surface area (Å²) in [6.07, 6.45) is 0. The van der Waals surface area contributed by atoms with E-state index in [0.29, 0.717) is 0 Å². The number of thiazole rings is 1. The van der Waals surface area contributed by atoms with Crippen molar-refractivity contribution in [3.8, 4) is 44.0 Å². The third kappa shape index (κ3) is 5.79. The van der Waals surface area contributed by atoms with Crippen LogP contribution in [0.3, 0.4) is 0 Å². The minimum absolute atomic E-state index is 0.943. The summed E-state index contributed by atoms with van der Waals surface area (Å²) in [7, 11) is 4.36. The summed E-state index contributed by atoms with van der Waals surface area (Å²) in [5.41, 5.74) is 19.8. The molecule has 0 unspecified atom stereocenters. The lowest BCUT2D eigenvalue weighted by atomic mass is 9.81. The van der Waals surface area contributed by atoms with E-state index in [1.165, 1.54) is 0 Å². The first-order chi connectivity index (χ1) is 31.2. The van der Waals surface area contributed by atoms with E-state index in [1.807, 2.05) is 0 Å². The zero-order valence-electron chi connectivity index (χ0n) is 34.9. The Morgan fingerprint density at radius 3 is 1.02 bits per heavy atom. The average molecular weight is 828 g/mol. The Bertz CT molecular complexity index is 3050. The Morgan fingerprint density at radius 1 is 0.317 bits per heavy atom. The van der Waals surface area contributed by atoms with E-state index in [-0.39, 0.29) is 0 Å². The lowest BCUT2D eigenvalue weighted by molar-refractivity contribution is 1.12. The van der Waals surface area contributed by atoms with Crippen molar-refractivity contribution in [1.29, 1.82) is 0 Å². The summed E-state index contributed by atoms with van der Waals surface area (Å²) in [6.45, 7) is 0. The average Bonchev–Trinajstić information content (AvgIpc) is 3.79. The smallest absolute Gasteiger partial charge is 0.128 e. The topological polar surface area (TPSA) is 25.9 Å². The maximum Gasteiger partial charge on any atom is 0.128 e. The lowest BCUT2D eigenvalue weighted by Crippen LogP contribution is -2.27. The molecular weight excluding hydrogens is 787 g/mol. The third-order valence-electron chi connectivity index (χ3n) is 12.5. The number of fused-ring (bicyclic) bond motifs is 5. The first kappa shape index (κ1) is 36.9. The number of hydrogen-bond donors (Lipinski definition) is 0. The van der Waals surface area contributed by atoms with Crippen LogP contribution in [0.15, 0.2) is 212 Å². The summed E-state index contributed by atoms with van der Waals surface area (Å²) in [4.78, 5) is 15.4. The summed E-state index contributed by atoms with van der Waals surface area (Å²) < 4.78 is 1.14. The number of benzene rings is 9. The van der Waals surface area contributed by atoms with Crippen LogP contribution in [0.5, 0.6) is 0 Å². The fourth-order valence-corrected chi connectivity index (χ4v) is 10.8. The molecule has 3 heterocycles. The van der Waals surface area contributed by atoms with Crippen molar-refractivity contribution in [2.75, 3.05) is 33.7 Å². The van der Waals surface area contributed by atoms with E-state index >= 15 is 0 Å². The van der Waals surface area contributed by atoms with Crippen LogP contribution in [0.1, 0.15) is 0 Å². The Morgan fingerprint density at radius 2 is 0.635 bits per heavy atom. The van der Waals surface area contributed by atoms with Crippen LogP contribution in [0.25, 0.3) is 54.2 Å². The summed E-state index contributed by atoms with van der Waals surface area (Å²) >= 11 is 1.76. The van der Waals surface area contributed by atoms with Crippen LogP contribution in [-0.2, 0) is 0 Å². The molecule has 6 heteroatoms. The highest BCUT2D eigenvalue weighted by atomic mass is 32.1. The maximum absolute atomic E-state index is 5.66. The number of hydrogen-bond acceptors (Lipinski definition) is 6. The molecule has 0 fully saturated rings. The highest BCUT2D eigenvalue weighted by molar-refractivity contribution is 7.21. The molecule has 0 amide bonds. The van der Waals surface area contributed by atoms with Gasteiger partial charge in [0.1, 0.15) is 5.01 Å². The number of anilines is 10. The molecule has 0 aliphatic carbocycles. The monoisotopic (exact) mass is 827 g/mol. The van der Waals surface area contributed by atoms with E-state index in [4.69, 9.17) is 4.98 Å². The van der Waals surface area contributed by atoms with E-state index in [1.54, 1.807) is 11.3 Å². The Hall–Kier alpha value is -7.93. The van der Waals surface area contributed by atoms with Crippen LogP contribution in [-0.4, -0.2) is 19.1 Å². The van der Waals surface area contributed by atoms with E-state index < -0.39 is 0 Å². The zero-order chi connectivity index (χ0) is 42.0. The molecule has 0 bridgehead atoms. The SMILES string of the molecule is CN1c2ccccc2N(c2c(-c3ccccc3)c(-c3ccccc3)c(-c3ccccc3)c(N3c4ccccc4N(C)c4ccccc43)c2-c2nc3ccccc3s2)c2ccccc21. The van der Waals surface area contributed by atoms with Crippen LogP contribution in [0.4, 0.5) is 56.9 Å². The van der Waals surface area contributed by atoms with Gasteiger partial charge in [0.05, 0.1) is 72.7 Å². The quantitative estimate of drug-likeness (QED) is 0.166. The number of aromatic nitrogens is 1. The van der Waals surface area contributed by atoms with Gasteiger partial charge in [-0.1, -0.05) is 152 Å². The predicted octanol–water partition coefficient (Wildman–Crippen LogP) is 16.1. The van der Waals surface area contributed by atoms with Crippen LogP contribution in [0, 0.1) is 0 Å². The number of rotatable bonds is 6. The summed E-state index contributed by atoms with van der Waals surface area (Å²) in [5, 5.41) is 0.943. The molecule has 0 radical (unpaired) electrons. The Labute approximate surface area is 371 Å². The molecule has 2 aliphatic rings. The van der Waals surface area contributed by atoms with Gasteiger partial charge in [0.15, 0.2) is 0 Å². The van der Waals surface area contributed by atoms with Crippen molar-refractivity contribution in [3.63, 3.8) is 0 Å². The van der Waals surface area contributed by atoms with Crippen molar-refractivity contribution in [2.24, 2.45) is 0 Å². The van der Waals surface area contributed by atoms with Crippen LogP contribution >= 0.6 is 11.3 Å². The van der Waals surface area contributed by atoms with Crippen molar-refractivity contribution in [2.45, 2.75) is 0 Å². The van der Waals surface area contributed by atoms with E-state index in [9.17, 15) is 0 Å². The van der Waals surface area contributed by atoms with Gasteiger partial charge in [0, 0.05) is 30.8 Å². The molecule has 63 heavy (non-hydrogen) atoms. The molecule has 0 spiro atoms. The van der Waals surface area contributed by atoms with Gasteiger partial charge in [0.2, 0.25) is 0 Å². The minimum Gasteiger partial charge on any atom is -0.341 e. The molecule has 2 aliphatic heterocycles. The highest BCUT2D eigenvalue weighted by Gasteiger charge is 2.40. The van der Waals surface area contributed by atoms with Gasteiger partial charge in [-0.3, -0.25) is 0 Å². The normalized spacial score (nSPS) is 12.8. The largest absolute Gasteiger partial charge is 0.341 e. The van der Waals surface area contributed by atoms with Crippen molar-refractivity contribution < 1.29 is 0 Å². The molecule has 0 N–H and O–H groups in total. The fraction of sp³-hybridized carbons (Fsp3) is 0.0351. The summed E-state index contributed by atoms with van der Waals surface area (Å²) in [6, 6.07) is 76.8. The van der Waals surface area contributed by atoms with E-state index in [0.717, 1.165) is 111 Å². The van der Waals surface area contributed by atoms with Gasteiger partial charge in [-0.05, 0) is 77.4 Å². The van der Waals surface area contributed by atoms with Gasteiger partial charge in [-0.15, -0.1) is 11.3 Å². The van der Waals surface area contributed by atoms with E-state index in [2.05, 4.69) is 246 Å². The second-order valence-electron chi connectivity index (χ2n) is 16.0. The molecule has 300 valence electrons. The first-order valence-electron chi connectivity index (χ1n) is 21.4. The standard InChI is InChI=1S/C57H41N5S/c1-59-42-29-13-17-33-46(42)61(47-34-18-14-30-43(47)59)55-52(39-24-8-4-9-25-39)51(38-22-6-3-7-23-38)53(40-26-10-5-11-27-40)56(54(55)57-58-41-28-12-21-37-50(41)63-57)62-48-35-19-15-31-44(48)60(2)45-32-16-20-36-49(45)62/h3-37H,1-2H3. The molecule has 0 saturated heterocycles. The lowest BCUT2D eigenvalue weighted by Gasteiger charge is -2.44. The van der Waals surface area contributed by atoms with Crippen molar-refractivity contribution in [3.05, 3.63) is 212 Å². The molecule has 0 atom stereocenters. The summed E-state index contributed by atoms with van der Waals surface area (Å²) in [5.74, 6) is 0. The van der Waals surface area contributed by atoms with Gasteiger partial charge >= 0.3 is 0 Å². The van der Waals surface area contributed by atoms with Crippen LogP contribution in [0.2, 0.25) is 0 Å². The molecule has 0 saturated carbocycles. The van der Waals surface area contributed by atoms with Crippen molar-refractivity contribution >= 4 is 78.4 Å². The molecule has 1 aromatic heterocycles. The zero-order valence-corrected chi connectivity index (χ0v) is 35.7. The maximum atomic E-state index is 5.66. The molecule has 5 nitrogen and oxygen atoms in total. The number of para-hydroxylation sites is 9. The van der Waals surface area contributed by atoms with Crippen molar-refractivity contribution in [1.82, 2.24) is 4.98 Å². The molecular formula is C57H41N5S.